The minimum absolute atomic E-state index is 0.142. The van der Waals surface area contributed by atoms with E-state index >= 15 is 0 Å². The van der Waals surface area contributed by atoms with Crippen LogP contribution in [0, 0.1) is 17.0 Å². The molecule has 4 aromatic rings. The first kappa shape index (κ1) is 27.1. The smallest absolute Gasteiger partial charge is 0.273 e. The molecule has 0 unspecified atom stereocenters. The highest BCUT2D eigenvalue weighted by Crippen LogP contribution is 2.26. The molecule has 0 fully saturated rings. The van der Waals surface area contributed by atoms with Gasteiger partial charge in [0.15, 0.2) is 0 Å². The Morgan fingerprint density at radius 1 is 1.05 bits per heavy atom. The molecule has 10 nitrogen and oxygen atoms in total. The highest BCUT2D eigenvalue weighted by Gasteiger charge is 2.25. The summed E-state index contributed by atoms with van der Waals surface area (Å²) < 4.78 is 6.87. The molecule has 0 aliphatic heterocycles. The summed E-state index contributed by atoms with van der Waals surface area (Å²) in [4.78, 5) is 38.8. The lowest BCUT2D eigenvalue weighted by Crippen LogP contribution is -2.42. The molecule has 1 aromatic heterocycles. The second-order valence-electron chi connectivity index (χ2n) is 9.22. The fourth-order valence-electron chi connectivity index (χ4n) is 4.07. The number of aromatic nitrogens is 2. The molecular formula is C29H29N5O5. The van der Waals surface area contributed by atoms with E-state index in [1.54, 1.807) is 50.8 Å². The summed E-state index contributed by atoms with van der Waals surface area (Å²) in [6.07, 6.45) is 0. The van der Waals surface area contributed by atoms with E-state index in [4.69, 9.17) is 9.84 Å². The predicted molar refractivity (Wildman–Crippen MR) is 148 cm³/mol. The number of amides is 2. The van der Waals surface area contributed by atoms with Gasteiger partial charge in [-0.05, 0) is 51.1 Å². The lowest BCUT2D eigenvalue weighted by Gasteiger charge is -2.26. The lowest BCUT2D eigenvalue weighted by atomic mass is 10.1. The van der Waals surface area contributed by atoms with Crippen molar-refractivity contribution in [1.29, 1.82) is 0 Å². The van der Waals surface area contributed by atoms with Gasteiger partial charge in [0.25, 0.3) is 11.6 Å². The summed E-state index contributed by atoms with van der Waals surface area (Å²) in [6.45, 7) is 4.91. The molecule has 0 spiro atoms. The van der Waals surface area contributed by atoms with Crippen LogP contribution in [-0.2, 0) is 4.79 Å². The van der Waals surface area contributed by atoms with Crippen molar-refractivity contribution in [1.82, 2.24) is 14.7 Å². The topological polar surface area (TPSA) is 120 Å². The first-order valence-corrected chi connectivity index (χ1v) is 12.3. The van der Waals surface area contributed by atoms with Gasteiger partial charge in [-0.1, -0.05) is 36.4 Å². The molecule has 1 N–H and O–H groups in total. The van der Waals surface area contributed by atoms with Gasteiger partial charge in [-0.25, -0.2) is 4.68 Å². The third-order valence-corrected chi connectivity index (χ3v) is 6.21. The molecule has 0 radical (unpaired) electrons. The van der Waals surface area contributed by atoms with Crippen LogP contribution in [0.3, 0.4) is 0 Å². The van der Waals surface area contributed by atoms with E-state index in [2.05, 4.69) is 5.32 Å². The maximum absolute atomic E-state index is 13.3. The van der Waals surface area contributed by atoms with Crippen LogP contribution in [0.1, 0.15) is 29.8 Å². The number of hydrogen-bond donors (Lipinski definition) is 1. The van der Waals surface area contributed by atoms with E-state index in [9.17, 15) is 19.7 Å². The average molecular weight is 528 g/mol. The van der Waals surface area contributed by atoms with Gasteiger partial charge in [-0.2, -0.15) is 5.10 Å². The Morgan fingerprint density at radius 2 is 1.74 bits per heavy atom. The minimum Gasteiger partial charge on any atom is -0.497 e. The summed E-state index contributed by atoms with van der Waals surface area (Å²) in [5.74, 6) is 0.193. The number of hydrogen-bond acceptors (Lipinski definition) is 6. The summed E-state index contributed by atoms with van der Waals surface area (Å²) in [5.41, 5.74) is 2.68. The van der Waals surface area contributed by atoms with Crippen LogP contribution in [0.4, 0.5) is 11.5 Å². The molecule has 1 heterocycles. The van der Waals surface area contributed by atoms with Gasteiger partial charge < -0.3 is 15.0 Å². The lowest BCUT2D eigenvalue weighted by molar-refractivity contribution is -0.385. The molecule has 0 aliphatic rings. The Bertz CT molecular complexity index is 1500. The number of ether oxygens (including phenoxy) is 1. The minimum atomic E-state index is -0.525. The van der Waals surface area contributed by atoms with E-state index in [0.29, 0.717) is 28.5 Å². The van der Waals surface area contributed by atoms with Gasteiger partial charge in [0.2, 0.25) is 5.91 Å². The van der Waals surface area contributed by atoms with Crippen LogP contribution in [0.25, 0.3) is 16.9 Å². The largest absolute Gasteiger partial charge is 0.497 e. The Labute approximate surface area is 226 Å². The summed E-state index contributed by atoms with van der Waals surface area (Å²) >= 11 is 0. The van der Waals surface area contributed by atoms with Crippen molar-refractivity contribution in [2.45, 2.75) is 26.8 Å². The zero-order valence-electron chi connectivity index (χ0n) is 22.1. The number of nitrogens with zero attached hydrogens (tertiary/aromatic N) is 4. The van der Waals surface area contributed by atoms with E-state index < -0.39 is 16.7 Å². The monoisotopic (exact) mass is 527 g/mol. The highest BCUT2D eigenvalue weighted by atomic mass is 16.6. The van der Waals surface area contributed by atoms with E-state index in [-0.39, 0.29) is 23.8 Å². The Morgan fingerprint density at radius 3 is 2.36 bits per heavy atom. The number of carbonyl (C=O) groups is 2. The number of methoxy groups -OCH3 is 1. The first-order valence-electron chi connectivity index (χ1n) is 12.3. The fraction of sp³-hybridized carbons (Fsp3) is 0.207. The van der Waals surface area contributed by atoms with Crippen LogP contribution >= 0.6 is 0 Å². The highest BCUT2D eigenvalue weighted by molar-refractivity contribution is 6.00. The predicted octanol–water partition coefficient (Wildman–Crippen LogP) is 5.25. The molecule has 200 valence electrons. The second-order valence-corrected chi connectivity index (χ2v) is 9.22. The van der Waals surface area contributed by atoms with Gasteiger partial charge in [-0.15, -0.1) is 0 Å². The molecule has 4 rings (SSSR count). The number of aryl methyl sites for hydroxylation is 1. The number of carbonyl (C=O) groups excluding carboxylic acids is 2. The van der Waals surface area contributed by atoms with Crippen LogP contribution in [0.2, 0.25) is 0 Å². The third-order valence-electron chi connectivity index (χ3n) is 6.21. The summed E-state index contributed by atoms with van der Waals surface area (Å²) in [7, 11) is 1.58. The molecular weight excluding hydrogens is 498 g/mol. The second kappa shape index (κ2) is 11.6. The standard InChI is InChI=1S/C29H29N5O5/c1-19(2)32(29(36)22-11-10-20(3)26(16-22)34(37)38)18-28(35)30-27-17-25(21-8-6-5-7-9-21)31-33(27)23-12-14-24(39-4)15-13-23/h5-17,19H,18H2,1-4H3,(H,30,35). The number of anilines is 1. The summed E-state index contributed by atoms with van der Waals surface area (Å²) in [5, 5.41) is 19.0. The van der Waals surface area contributed by atoms with E-state index in [0.717, 1.165) is 5.56 Å². The zero-order chi connectivity index (χ0) is 28.1. The normalized spacial score (nSPS) is 10.8. The molecule has 0 saturated carbocycles. The van der Waals surface area contributed by atoms with Crippen molar-refractivity contribution in [2.24, 2.45) is 0 Å². The maximum Gasteiger partial charge on any atom is 0.273 e. The number of benzene rings is 3. The molecule has 0 bridgehead atoms. The number of nitro groups is 1. The third kappa shape index (κ3) is 6.12. The molecule has 2 amide bonds. The van der Waals surface area contributed by atoms with Crippen molar-refractivity contribution >= 4 is 23.3 Å². The van der Waals surface area contributed by atoms with Crippen LogP contribution in [0.5, 0.6) is 5.75 Å². The number of rotatable bonds is 9. The van der Waals surface area contributed by atoms with Gasteiger partial charge in [0, 0.05) is 34.9 Å². The molecule has 0 saturated heterocycles. The van der Waals surface area contributed by atoms with Gasteiger partial charge in [0.05, 0.1) is 23.4 Å². The molecule has 0 aliphatic carbocycles. The van der Waals surface area contributed by atoms with Gasteiger partial charge >= 0.3 is 0 Å². The Balaban J connectivity index is 1.62. The maximum atomic E-state index is 13.3. The van der Waals surface area contributed by atoms with Crippen molar-refractivity contribution in [2.75, 3.05) is 19.0 Å². The van der Waals surface area contributed by atoms with Crippen LogP contribution < -0.4 is 10.1 Å². The number of nitro benzene ring substituents is 1. The first-order chi connectivity index (χ1) is 18.7. The molecule has 39 heavy (non-hydrogen) atoms. The summed E-state index contributed by atoms with van der Waals surface area (Å²) in [6, 6.07) is 22.5. The van der Waals surface area contributed by atoms with E-state index in [1.807, 2.05) is 42.5 Å². The number of nitrogens with one attached hydrogen (secondary N) is 1. The van der Waals surface area contributed by atoms with Crippen molar-refractivity contribution < 1.29 is 19.2 Å². The van der Waals surface area contributed by atoms with Crippen molar-refractivity contribution in [3.05, 3.63) is 100 Å². The van der Waals surface area contributed by atoms with Crippen molar-refractivity contribution in [3.8, 4) is 22.7 Å². The quantitative estimate of drug-likeness (QED) is 0.234. The fourth-order valence-corrected chi connectivity index (χ4v) is 4.07. The zero-order valence-corrected chi connectivity index (χ0v) is 22.1. The molecule has 3 aromatic carbocycles. The van der Waals surface area contributed by atoms with Crippen LogP contribution in [-0.4, -0.2) is 51.1 Å². The Kier molecular flexibility index (Phi) is 8.04. The average Bonchev–Trinajstić information content (AvgIpc) is 3.35. The van der Waals surface area contributed by atoms with Crippen LogP contribution in [0.15, 0.2) is 78.9 Å². The Hall–Kier alpha value is -4.99. The SMILES string of the molecule is COc1ccc(-n2nc(-c3ccccc3)cc2NC(=O)CN(C(=O)c2ccc(C)c([N+](=O)[O-])c2)C(C)C)cc1. The van der Waals surface area contributed by atoms with Gasteiger partial charge in [0.1, 0.15) is 18.1 Å². The molecule has 0 atom stereocenters. The molecule has 10 heteroatoms. The van der Waals surface area contributed by atoms with E-state index in [1.165, 1.54) is 23.1 Å². The van der Waals surface area contributed by atoms with Crippen molar-refractivity contribution in [3.63, 3.8) is 0 Å². The van der Waals surface area contributed by atoms with Gasteiger partial charge in [-0.3, -0.25) is 19.7 Å².